The van der Waals surface area contributed by atoms with E-state index in [1.54, 1.807) is 11.3 Å². The molecule has 2 aromatic carbocycles. The van der Waals surface area contributed by atoms with Crippen molar-refractivity contribution in [2.24, 2.45) is 0 Å². The molecule has 5 nitrogen and oxygen atoms in total. The topological polar surface area (TPSA) is 44.8 Å². The van der Waals surface area contributed by atoms with Crippen molar-refractivity contribution < 1.29 is 9.53 Å². The Labute approximate surface area is 207 Å². The van der Waals surface area contributed by atoms with Gasteiger partial charge in [-0.3, -0.25) is 4.79 Å². The monoisotopic (exact) mass is 477 g/mol. The maximum absolute atomic E-state index is 13.1. The average Bonchev–Trinajstić information content (AvgIpc) is 3.42. The molecule has 2 heterocycles. The molecular weight excluding hydrogens is 442 g/mol. The number of hydrogen-bond donors (Lipinski definition) is 1. The summed E-state index contributed by atoms with van der Waals surface area (Å²) in [4.78, 5) is 18.4. The normalized spacial score (nSPS) is 15.2. The van der Waals surface area contributed by atoms with Gasteiger partial charge >= 0.3 is 0 Å². The number of benzene rings is 2. The number of amides is 1. The molecule has 0 spiro atoms. The number of piperidine rings is 1. The quantitative estimate of drug-likeness (QED) is 0.438. The molecule has 1 N–H and O–H groups in total. The summed E-state index contributed by atoms with van der Waals surface area (Å²) in [6, 6.07) is 20.6. The van der Waals surface area contributed by atoms with E-state index in [1.165, 1.54) is 16.1 Å². The molecule has 3 aromatic rings. The van der Waals surface area contributed by atoms with E-state index in [-0.39, 0.29) is 12.0 Å². The lowest BCUT2D eigenvalue weighted by Crippen LogP contribution is -2.37. The summed E-state index contributed by atoms with van der Waals surface area (Å²) in [5.41, 5.74) is 3.31. The van der Waals surface area contributed by atoms with Crippen LogP contribution >= 0.6 is 11.3 Å². The zero-order chi connectivity index (χ0) is 23.9. The van der Waals surface area contributed by atoms with Crippen LogP contribution in [-0.4, -0.2) is 51.6 Å². The Morgan fingerprint density at radius 3 is 2.38 bits per heavy atom. The molecule has 180 valence electrons. The van der Waals surface area contributed by atoms with Crippen molar-refractivity contribution in [3.63, 3.8) is 0 Å². The van der Waals surface area contributed by atoms with E-state index in [0.29, 0.717) is 5.92 Å². The summed E-state index contributed by atoms with van der Waals surface area (Å²) in [5, 5.41) is 5.28. The minimum Gasteiger partial charge on any atom is -0.485 e. The van der Waals surface area contributed by atoms with Crippen molar-refractivity contribution in [2.75, 3.05) is 45.7 Å². The maximum Gasteiger partial charge on any atom is 0.253 e. The number of nitrogens with zero attached hydrogens (tertiary/aromatic N) is 2. The smallest absolute Gasteiger partial charge is 0.253 e. The molecule has 6 heteroatoms. The van der Waals surface area contributed by atoms with Crippen molar-refractivity contribution in [1.29, 1.82) is 0 Å². The van der Waals surface area contributed by atoms with Gasteiger partial charge in [-0.1, -0.05) is 18.2 Å². The standard InChI is InChI=1S/C28H35N3O2S/c1-29-17-14-26(27-5-4-20-34-27)33-25-12-8-23(9-13-25)28(32)31-18-15-22(16-19-31)21-6-10-24(11-7-21)30(2)3/h4-13,20,22,26,29H,14-19H2,1-3H3. The molecule has 0 aliphatic carbocycles. The Morgan fingerprint density at radius 2 is 1.79 bits per heavy atom. The van der Waals surface area contributed by atoms with E-state index >= 15 is 0 Å². The van der Waals surface area contributed by atoms with Crippen molar-refractivity contribution in [3.8, 4) is 5.75 Å². The van der Waals surface area contributed by atoms with Gasteiger partial charge < -0.3 is 19.9 Å². The van der Waals surface area contributed by atoms with Gasteiger partial charge in [0.2, 0.25) is 0 Å². The Bertz CT molecular complexity index is 1020. The first-order valence-corrected chi connectivity index (χ1v) is 12.9. The third-order valence-corrected chi connectivity index (χ3v) is 7.52. The van der Waals surface area contributed by atoms with E-state index in [9.17, 15) is 4.79 Å². The fourth-order valence-corrected chi connectivity index (χ4v) is 5.28. The highest BCUT2D eigenvalue weighted by Gasteiger charge is 2.25. The first-order chi connectivity index (χ1) is 16.5. The van der Waals surface area contributed by atoms with Gasteiger partial charge in [0, 0.05) is 49.7 Å². The molecular formula is C28H35N3O2S. The number of ether oxygens (including phenoxy) is 1. The second-order valence-electron chi connectivity index (χ2n) is 9.09. The fourth-order valence-electron chi connectivity index (χ4n) is 4.49. The molecule has 1 unspecified atom stereocenters. The highest BCUT2D eigenvalue weighted by atomic mass is 32.1. The predicted molar refractivity (Wildman–Crippen MR) is 141 cm³/mol. The molecule has 1 aliphatic heterocycles. The first kappa shape index (κ1) is 24.3. The van der Waals surface area contributed by atoms with Gasteiger partial charge in [-0.15, -0.1) is 11.3 Å². The Morgan fingerprint density at radius 1 is 1.09 bits per heavy atom. The van der Waals surface area contributed by atoms with E-state index in [1.807, 2.05) is 36.2 Å². The fraction of sp³-hybridized carbons (Fsp3) is 0.393. The number of hydrogen-bond acceptors (Lipinski definition) is 5. The maximum atomic E-state index is 13.1. The number of thiophene rings is 1. The largest absolute Gasteiger partial charge is 0.485 e. The lowest BCUT2D eigenvalue weighted by Gasteiger charge is -2.32. The number of likely N-dealkylation sites (tertiary alicyclic amines) is 1. The molecule has 0 saturated carbocycles. The first-order valence-electron chi connectivity index (χ1n) is 12.1. The summed E-state index contributed by atoms with van der Waals surface area (Å²) in [6.45, 7) is 2.47. The second kappa shape index (κ2) is 11.5. The van der Waals surface area contributed by atoms with Gasteiger partial charge in [-0.2, -0.15) is 0 Å². The SMILES string of the molecule is CNCCC(Oc1ccc(C(=O)N2CCC(c3ccc(N(C)C)cc3)CC2)cc1)c1cccs1. The molecule has 4 rings (SSSR count). The lowest BCUT2D eigenvalue weighted by atomic mass is 9.89. The number of anilines is 1. The van der Waals surface area contributed by atoms with Crippen molar-refractivity contribution >= 4 is 22.9 Å². The highest BCUT2D eigenvalue weighted by Crippen LogP contribution is 2.31. The number of carbonyl (C=O) groups is 1. The van der Waals surface area contributed by atoms with E-state index in [0.717, 1.165) is 50.2 Å². The number of rotatable bonds is 9. The van der Waals surface area contributed by atoms with Gasteiger partial charge in [0.15, 0.2) is 0 Å². The average molecular weight is 478 g/mol. The van der Waals surface area contributed by atoms with Crippen LogP contribution in [0.5, 0.6) is 5.75 Å². The van der Waals surface area contributed by atoms with Crippen LogP contribution in [0.3, 0.4) is 0 Å². The zero-order valence-electron chi connectivity index (χ0n) is 20.4. The summed E-state index contributed by atoms with van der Waals surface area (Å²) < 4.78 is 6.27. The lowest BCUT2D eigenvalue weighted by molar-refractivity contribution is 0.0713. The Balaban J connectivity index is 1.33. The molecule has 1 aromatic heterocycles. The van der Waals surface area contributed by atoms with Crippen LogP contribution in [0.2, 0.25) is 0 Å². The molecule has 1 aliphatic rings. The van der Waals surface area contributed by atoms with Crippen LogP contribution in [0.15, 0.2) is 66.0 Å². The predicted octanol–water partition coefficient (Wildman–Crippen LogP) is 5.56. The van der Waals surface area contributed by atoms with Crippen LogP contribution in [0, 0.1) is 0 Å². The van der Waals surface area contributed by atoms with Gasteiger partial charge in [-0.05, 0) is 85.8 Å². The van der Waals surface area contributed by atoms with E-state index in [4.69, 9.17) is 4.74 Å². The third-order valence-electron chi connectivity index (χ3n) is 6.56. The molecule has 0 bridgehead atoms. The summed E-state index contributed by atoms with van der Waals surface area (Å²) in [6.07, 6.45) is 2.91. The molecule has 1 fully saturated rings. The van der Waals surface area contributed by atoms with Crippen LogP contribution < -0.4 is 15.0 Å². The van der Waals surface area contributed by atoms with Crippen molar-refractivity contribution in [1.82, 2.24) is 10.2 Å². The summed E-state index contributed by atoms with van der Waals surface area (Å²) >= 11 is 1.71. The molecule has 0 radical (unpaired) electrons. The molecule has 1 amide bonds. The molecule has 1 saturated heterocycles. The van der Waals surface area contributed by atoms with E-state index < -0.39 is 0 Å². The number of carbonyl (C=O) groups excluding carboxylic acids is 1. The molecule has 1 atom stereocenters. The third kappa shape index (κ3) is 5.99. The van der Waals surface area contributed by atoms with Crippen LogP contribution in [0.25, 0.3) is 0 Å². The minimum absolute atomic E-state index is 0.0137. The Kier molecular flexibility index (Phi) is 8.25. The summed E-state index contributed by atoms with van der Waals surface area (Å²) in [5.74, 6) is 1.42. The Hall–Kier alpha value is -2.83. The molecule has 34 heavy (non-hydrogen) atoms. The van der Waals surface area contributed by atoms with Crippen LogP contribution in [0.4, 0.5) is 5.69 Å². The number of nitrogens with one attached hydrogen (secondary N) is 1. The van der Waals surface area contributed by atoms with Crippen LogP contribution in [-0.2, 0) is 0 Å². The van der Waals surface area contributed by atoms with Crippen LogP contribution in [0.1, 0.15) is 52.1 Å². The second-order valence-corrected chi connectivity index (χ2v) is 10.1. The highest BCUT2D eigenvalue weighted by molar-refractivity contribution is 7.10. The zero-order valence-corrected chi connectivity index (χ0v) is 21.2. The van der Waals surface area contributed by atoms with Gasteiger partial charge in [0.1, 0.15) is 11.9 Å². The van der Waals surface area contributed by atoms with Crippen molar-refractivity contribution in [3.05, 3.63) is 82.0 Å². The summed E-state index contributed by atoms with van der Waals surface area (Å²) in [7, 11) is 6.07. The van der Waals surface area contributed by atoms with Gasteiger partial charge in [0.05, 0.1) is 0 Å². The van der Waals surface area contributed by atoms with Gasteiger partial charge in [-0.25, -0.2) is 0 Å². The minimum atomic E-state index is 0.0137. The van der Waals surface area contributed by atoms with Crippen molar-refractivity contribution in [2.45, 2.75) is 31.3 Å². The van der Waals surface area contributed by atoms with Gasteiger partial charge in [0.25, 0.3) is 5.91 Å². The van der Waals surface area contributed by atoms with E-state index in [2.05, 4.69) is 66.1 Å².